The molecule has 1 nitrogen and oxygen atoms in total. The van der Waals surface area contributed by atoms with Crippen LogP contribution >= 0.6 is 11.3 Å². The van der Waals surface area contributed by atoms with E-state index in [1.54, 1.807) is 2.89 Å². The molecule has 1 heterocycles. The van der Waals surface area contributed by atoms with Gasteiger partial charge in [0.1, 0.15) is 0 Å². The molecule has 0 aliphatic heterocycles. The number of ether oxygens (including phenoxy) is 1. The molecule has 122 valence electrons. The van der Waals surface area contributed by atoms with Gasteiger partial charge in [-0.25, -0.2) is 0 Å². The van der Waals surface area contributed by atoms with Crippen LogP contribution in [0.2, 0.25) is 14.8 Å². The summed E-state index contributed by atoms with van der Waals surface area (Å²) in [6.45, 7) is 3.18. The Morgan fingerprint density at radius 3 is 1.95 bits per heavy atom. The summed E-state index contributed by atoms with van der Waals surface area (Å²) >= 11 is 0.0239. The Morgan fingerprint density at radius 1 is 0.857 bits per heavy atom. The van der Waals surface area contributed by atoms with E-state index >= 15 is 0 Å². The first-order valence-electron chi connectivity index (χ1n) is 8.77. The quantitative estimate of drug-likeness (QED) is 0.291. The van der Waals surface area contributed by atoms with Gasteiger partial charge in [0.05, 0.1) is 0 Å². The summed E-state index contributed by atoms with van der Waals surface area (Å²) < 4.78 is 7.51. The van der Waals surface area contributed by atoms with Crippen molar-refractivity contribution in [3.05, 3.63) is 12.1 Å². The van der Waals surface area contributed by atoms with E-state index < -0.39 is 18.4 Å². The van der Waals surface area contributed by atoms with Gasteiger partial charge in [-0.1, -0.05) is 19.8 Å². The van der Waals surface area contributed by atoms with E-state index in [1.165, 1.54) is 57.8 Å². The second kappa shape index (κ2) is 10.9. The van der Waals surface area contributed by atoms with Gasteiger partial charge in [0.25, 0.3) is 0 Å². The Labute approximate surface area is 140 Å². The van der Waals surface area contributed by atoms with Crippen LogP contribution in [0.15, 0.2) is 12.1 Å². The number of hydrogen-bond acceptors (Lipinski definition) is 2. The molecule has 0 spiro atoms. The number of thiophene rings is 1. The van der Waals surface area contributed by atoms with Crippen LogP contribution in [0.25, 0.3) is 0 Å². The van der Waals surface area contributed by atoms with Crippen LogP contribution < -0.4 is 7.63 Å². The van der Waals surface area contributed by atoms with Crippen molar-refractivity contribution in [2.24, 2.45) is 0 Å². The number of hydrogen-bond donors (Lipinski definition) is 0. The molecule has 0 radical (unpaired) electrons. The van der Waals surface area contributed by atoms with Gasteiger partial charge < -0.3 is 0 Å². The second-order valence-electron chi connectivity index (χ2n) is 7.05. The minimum absolute atomic E-state index is 0.898. The SMILES string of the molecule is CCCCCCCCCCCOc1cc[c]([Sn]([CH3])([CH3])[CH3])s1. The van der Waals surface area contributed by atoms with Gasteiger partial charge in [-0.3, -0.25) is 0 Å². The van der Waals surface area contributed by atoms with Gasteiger partial charge in [0.2, 0.25) is 0 Å². The van der Waals surface area contributed by atoms with E-state index in [2.05, 4.69) is 33.9 Å². The molecule has 0 amide bonds. The van der Waals surface area contributed by atoms with Gasteiger partial charge >= 0.3 is 121 Å². The molecule has 0 unspecified atom stereocenters. The Balaban J connectivity index is 1.98. The van der Waals surface area contributed by atoms with Crippen LogP contribution in [0.5, 0.6) is 5.06 Å². The summed E-state index contributed by atoms with van der Waals surface area (Å²) in [4.78, 5) is 7.39. The van der Waals surface area contributed by atoms with Crippen LogP contribution in [0.4, 0.5) is 0 Å². The van der Waals surface area contributed by atoms with Crippen molar-refractivity contribution >= 4 is 32.6 Å². The second-order valence-corrected chi connectivity index (χ2v) is 23.5. The fourth-order valence-electron chi connectivity index (χ4n) is 2.39. The van der Waals surface area contributed by atoms with Crippen molar-refractivity contribution in [2.45, 2.75) is 79.5 Å². The van der Waals surface area contributed by atoms with Crippen LogP contribution in [-0.2, 0) is 0 Å². The average Bonchev–Trinajstić information content (AvgIpc) is 2.90. The van der Waals surface area contributed by atoms with Crippen molar-refractivity contribution in [1.29, 1.82) is 0 Å². The third kappa shape index (κ3) is 9.12. The van der Waals surface area contributed by atoms with Crippen molar-refractivity contribution in [3.8, 4) is 5.06 Å². The van der Waals surface area contributed by atoms with Crippen molar-refractivity contribution in [1.82, 2.24) is 0 Å². The molecule has 0 aliphatic rings. The molecule has 1 aromatic rings. The molecule has 3 heteroatoms. The normalized spacial score (nSPS) is 11.8. The Hall–Kier alpha value is 0.299. The van der Waals surface area contributed by atoms with E-state index in [1.807, 2.05) is 11.3 Å². The van der Waals surface area contributed by atoms with Crippen molar-refractivity contribution in [2.75, 3.05) is 6.61 Å². The first-order chi connectivity index (χ1) is 10.0. The van der Waals surface area contributed by atoms with Gasteiger partial charge in [-0.15, -0.1) is 0 Å². The average molecular weight is 417 g/mol. The predicted octanol–water partition coefficient (Wildman–Crippen LogP) is 6.20. The van der Waals surface area contributed by atoms with E-state index in [-0.39, 0.29) is 0 Å². The first-order valence-corrected chi connectivity index (χ1v) is 19.6. The van der Waals surface area contributed by atoms with Gasteiger partial charge in [-0.05, 0) is 0 Å². The summed E-state index contributed by atoms with van der Waals surface area (Å²) in [5, 5.41) is 1.14. The van der Waals surface area contributed by atoms with Crippen LogP contribution in [0.1, 0.15) is 64.7 Å². The third-order valence-electron chi connectivity index (χ3n) is 3.81. The number of rotatable bonds is 12. The molecule has 0 aromatic carbocycles. The Kier molecular flexibility index (Phi) is 10.1. The summed E-state index contributed by atoms with van der Waals surface area (Å²) in [6, 6.07) is 4.47. The summed E-state index contributed by atoms with van der Waals surface area (Å²) in [7, 11) is 0. The molecule has 0 N–H and O–H groups in total. The molecule has 21 heavy (non-hydrogen) atoms. The van der Waals surface area contributed by atoms with E-state index in [0.717, 1.165) is 11.7 Å². The van der Waals surface area contributed by atoms with E-state index in [4.69, 9.17) is 4.74 Å². The van der Waals surface area contributed by atoms with Crippen LogP contribution in [0.3, 0.4) is 0 Å². The van der Waals surface area contributed by atoms with Crippen molar-refractivity contribution in [3.63, 3.8) is 0 Å². The molecular formula is C18H34OSSn. The van der Waals surface area contributed by atoms with Gasteiger partial charge in [0, 0.05) is 0 Å². The fourth-order valence-corrected chi connectivity index (χ4v) is 8.47. The zero-order valence-electron chi connectivity index (χ0n) is 14.5. The topological polar surface area (TPSA) is 9.23 Å². The fraction of sp³-hybridized carbons (Fsp3) is 0.778. The van der Waals surface area contributed by atoms with E-state index in [0.29, 0.717) is 0 Å². The summed E-state index contributed by atoms with van der Waals surface area (Å²) in [5.41, 5.74) is 0. The number of unbranched alkanes of at least 4 members (excludes halogenated alkanes) is 8. The molecular weight excluding hydrogens is 383 g/mol. The van der Waals surface area contributed by atoms with Gasteiger partial charge in [-0.2, -0.15) is 0 Å². The Morgan fingerprint density at radius 2 is 1.43 bits per heavy atom. The monoisotopic (exact) mass is 418 g/mol. The summed E-state index contributed by atoms with van der Waals surface area (Å²) in [6.07, 6.45) is 12.4. The molecule has 0 aliphatic carbocycles. The maximum absolute atomic E-state index is 5.89. The molecule has 1 rings (SSSR count). The molecule has 0 bridgehead atoms. The zero-order chi connectivity index (χ0) is 15.6. The Bertz CT molecular complexity index is 368. The van der Waals surface area contributed by atoms with Crippen LogP contribution in [-0.4, -0.2) is 25.0 Å². The molecule has 0 atom stereocenters. The standard InChI is InChI=1S/C15H25OS.3CH3.Sn/c1-2-3-4-5-6-7-8-9-10-13-16-15-12-11-14-17-15;;;;/h11-12H,2-10,13H2,1H3;3*1H3;. The molecule has 0 saturated heterocycles. The third-order valence-corrected chi connectivity index (χ3v) is 14.3. The minimum atomic E-state index is -1.87. The van der Waals surface area contributed by atoms with Gasteiger partial charge in [0.15, 0.2) is 0 Å². The maximum atomic E-state index is 5.89. The molecule has 0 fully saturated rings. The molecule has 1 aromatic heterocycles. The van der Waals surface area contributed by atoms with E-state index in [9.17, 15) is 0 Å². The predicted molar refractivity (Wildman–Crippen MR) is 100 cm³/mol. The first kappa shape index (κ1) is 19.3. The summed E-state index contributed by atoms with van der Waals surface area (Å²) in [5.74, 6) is 0. The van der Waals surface area contributed by atoms with Crippen molar-refractivity contribution < 1.29 is 4.74 Å². The zero-order valence-corrected chi connectivity index (χ0v) is 18.2. The van der Waals surface area contributed by atoms with Crippen LogP contribution in [0, 0.1) is 0 Å². The molecule has 0 saturated carbocycles.